The molecular formula is C16H16ClN3O. The largest absolute Gasteiger partial charge is 0.292 e. The van der Waals surface area contributed by atoms with E-state index in [4.69, 9.17) is 17.0 Å². The molecule has 4 nitrogen and oxygen atoms in total. The van der Waals surface area contributed by atoms with Gasteiger partial charge in [0, 0.05) is 11.9 Å². The fourth-order valence-electron chi connectivity index (χ4n) is 1.78. The van der Waals surface area contributed by atoms with Crippen molar-refractivity contribution in [3.63, 3.8) is 0 Å². The van der Waals surface area contributed by atoms with Crippen LogP contribution in [0.25, 0.3) is 0 Å². The smallest absolute Gasteiger partial charge is 0.196 e. The van der Waals surface area contributed by atoms with Crippen LogP contribution in [-0.4, -0.2) is 11.6 Å². The van der Waals surface area contributed by atoms with Crippen LogP contribution < -0.4 is 10.4 Å². The number of benzene rings is 2. The summed E-state index contributed by atoms with van der Waals surface area (Å²) in [7, 11) is 0. The molecule has 0 amide bonds. The Labute approximate surface area is 128 Å². The summed E-state index contributed by atoms with van der Waals surface area (Å²) < 4.78 is 0. The van der Waals surface area contributed by atoms with Gasteiger partial charge in [0.05, 0.1) is 11.4 Å². The van der Waals surface area contributed by atoms with Crippen molar-refractivity contribution in [2.24, 2.45) is 0 Å². The van der Waals surface area contributed by atoms with E-state index in [1.807, 2.05) is 31.2 Å². The van der Waals surface area contributed by atoms with Gasteiger partial charge < -0.3 is 0 Å². The Bertz CT molecular complexity index is 667. The van der Waals surface area contributed by atoms with Crippen molar-refractivity contribution in [2.75, 3.05) is 10.4 Å². The summed E-state index contributed by atoms with van der Waals surface area (Å²) in [6.07, 6.45) is 0. The molecule has 0 aliphatic carbocycles. The van der Waals surface area contributed by atoms with Crippen molar-refractivity contribution in [3.05, 3.63) is 59.1 Å². The number of hydrogen-bond donors (Lipinski definition) is 2. The summed E-state index contributed by atoms with van der Waals surface area (Å²) in [5.41, 5.74) is 5.61. The first-order chi connectivity index (χ1) is 9.97. The number of amidine groups is 1. The van der Waals surface area contributed by atoms with Crippen LogP contribution in [0.4, 0.5) is 11.4 Å². The minimum atomic E-state index is -0.338. The first kappa shape index (κ1) is 15.1. The molecule has 5 heteroatoms. The fraction of sp³-hybridized carbons (Fsp3) is 0.125. The molecule has 0 aliphatic rings. The molecular weight excluding hydrogens is 286 g/mol. The van der Waals surface area contributed by atoms with Crippen LogP contribution in [0.3, 0.4) is 0 Å². The number of hydrogen-bond acceptors (Lipinski definition) is 3. The molecule has 0 heterocycles. The molecule has 0 bridgehead atoms. The molecule has 21 heavy (non-hydrogen) atoms. The second-order valence-electron chi connectivity index (χ2n) is 4.70. The lowest BCUT2D eigenvalue weighted by Gasteiger charge is -2.25. The van der Waals surface area contributed by atoms with Gasteiger partial charge >= 0.3 is 0 Å². The highest BCUT2D eigenvalue weighted by Gasteiger charge is 2.16. The lowest BCUT2D eigenvalue weighted by atomic mass is 10.2. The van der Waals surface area contributed by atoms with Gasteiger partial charge in [0.1, 0.15) is 0 Å². The van der Waals surface area contributed by atoms with Gasteiger partial charge in [-0.1, -0.05) is 35.4 Å². The summed E-state index contributed by atoms with van der Waals surface area (Å²) >= 11 is 5.99. The van der Waals surface area contributed by atoms with Crippen molar-refractivity contribution >= 4 is 34.6 Å². The molecule has 0 saturated heterocycles. The molecule has 0 aliphatic heterocycles. The van der Waals surface area contributed by atoms with Crippen LogP contribution in [-0.2, 0) is 4.79 Å². The highest BCUT2D eigenvalue weighted by molar-refractivity contribution is 6.42. The van der Waals surface area contributed by atoms with Crippen LogP contribution >= 0.6 is 11.6 Å². The molecule has 2 rings (SSSR count). The Balaban J connectivity index is 2.34. The lowest BCUT2D eigenvalue weighted by molar-refractivity contribution is -0.111. The number of nitrogens with one attached hydrogen (secondary N) is 2. The van der Waals surface area contributed by atoms with Crippen molar-refractivity contribution < 1.29 is 4.79 Å². The predicted octanol–water partition coefficient (Wildman–Crippen LogP) is 4.05. The standard InChI is InChI=1S/C16H16ClN3O/c1-11-6-8-14(9-7-11)19-20(16(18)12(2)21)15-5-3-4-13(17)10-15/h3-10,18-19H,1-2H3. The van der Waals surface area contributed by atoms with Gasteiger partial charge in [-0.3, -0.25) is 15.6 Å². The zero-order chi connectivity index (χ0) is 15.4. The summed E-state index contributed by atoms with van der Waals surface area (Å²) in [5.74, 6) is -0.493. The SMILES string of the molecule is CC(=O)C(=N)N(Nc1ccc(C)cc1)c1cccc(Cl)c1. The van der Waals surface area contributed by atoms with Crippen LogP contribution in [0.1, 0.15) is 12.5 Å². The highest BCUT2D eigenvalue weighted by Crippen LogP contribution is 2.21. The molecule has 0 fully saturated rings. The normalized spacial score (nSPS) is 10.0. The fourth-order valence-corrected chi connectivity index (χ4v) is 1.96. The first-order valence-corrected chi connectivity index (χ1v) is 6.83. The molecule has 2 aromatic rings. The molecule has 2 aromatic carbocycles. The number of hydrazine groups is 1. The molecule has 0 radical (unpaired) electrons. The van der Waals surface area contributed by atoms with Gasteiger partial charge in [-0.05, 0) is 37.3 Å². The number of nitrogens with zero attached hydrogens (tertiary/aromatic N) is 1. The minimum Gasteiger partial charge on any atom is -0.292 e. The second kappa shape index (κ2) is 6.41. The summed E-state index contributed by atoms with van der Waals surface area (Å²) in [5, 5.41) is 9.93. The number of carbonyl (C=O) groups excluding carboxylic acids is 1. The summed E-state index contributed by atoms with van der Waals surface area (Å²) in [4.78, 5) is 11.5. The topological polar surface area (TPSA) is 56.2 Å². The Morgan fingerprint density at radius 2 is 1.86 bits per heavy atom. The van der Waals surface area contributed by atoms with Crippen molar-refractivity contribution in [2.45, 2.75) is 13.8 Å². The van der Waals surface area contributed by atoms with Crippen molar-refractivity contribution in [1.29, 1.82) is 5.41 Å². The minimum absolute atomic E-state index is 0.155. The van der Waals surface area contributed by atoms with Crippen LogP contribution in [0.15, 0.2) is 48.5 Å². The zero-order valence-corrected chi connectivity index (χ0v) is 12.6. The van der Waals surface area contributed by atoms with E-state index >= 15 is 0 Å². The summed E-state index contributed by atoms with van der Waals surface area (Å²) in [6, 6.07) is 14.7. The Morgan fingerprint density at radius 3 is 2.43 bits per heavy atom. The van der Waals surface area contributed by atoms with E-state index in [1.54, 1.807) is 24.3 Å². The third-order valence-corrected chi connectivity index (χ3v) is 3.15. The Hall–Kier alpha value is -2.33. The maximum absolute atomic E-state index is 11.5. The maximum atomic E-state index is 11.5. The van der Waals surface area contributed by atoms with Gasteiger partial charge in [0.2, 0.25) is 0 Å². The van der Waals surface area contributed by atoms with Gasteiger partial charge in [-0.25, -0.2) is 5.01 Å². The van der Waals surface area contributed by atoms with Crippen molar-refractivity contribution in [3.8, 4) is 0 Å². The molecule has 0 aromatic heterocycles. The van der Waals surface area contributed by atoms with Crippen LogP contribution in [0.2, 0.25) is 5.02 Å². The van der Waals surface area contributed by atoms with E-state index in [-0.39, 0.29) is 11.6 Å². The number of rotatable bonds is 4. The number of Topliss-reactive ketones (excluding diaryl/α,β-unsaturated/α-hetero) is 1. The molecule has 0 atom stereocenters. The average Bonchev–Trinajstić information content (AvgIpc) is 2.46. The Morgan fingerprint density at radius 1 is 1.19 bits per heavy atom. The number of anilines is 2. The molecule has 0 spiro atoms. The highest BCUT2D eigenvalue weighted by atomic mass is 35.5. The number of carbonyl (C=O) groups is 1. The molecule has 0 saturated carbocycles. The average molecular weight is 302 g/mol. The lowest BCUT2D eigenvalue weighted by Crippen LogP contribution is -2.39. The van der Waals surface area contributed by atoms with E-state index in [1.165, 1.54) is 11.9 Å². The van der Waals surface area contributed by atoms with E-state index in [0.29, 0.717) is 10.7 Å². The number of aryl methyl sites for hydroxylation is 1. The second-order valence-corrected chi connectivity index (χ2v) is 5.13. The van der Waals surface area contributed by atoms with E-state index in [0.717, 1.165) is 11.3 Å². The van der Waals surface area contributed by atoms with E-state index in [2.05, 4.69) is 5.43 Å². The van der Waals surface area contributed by atoms with E-state index in [9.17, 15) is 4.79 Å². The number of ketones is 1. The molecule has 108 valence electrons. The number of halogens is 1. The van der Waals surface area contributed by atoms with Crippen LogP contribution in [0.5, 0.6) is 0 Å². The Kier molecular flexibility index (Phi) is 4.60. The maximum Gasteiger partial charge on any atom is 0.196 e. The van der Waals surface area contributed by atoms with Crippen molar-refractivity contribution in [1.82, 2.24) is 0 Å². The van der Waals surface area contributed by atoms with Gasteiger partial charge in [-0.2, -0.15) is 0 Å². The zero-order valence-electron chi connectivity index (χ0n) is 11.9. The monoisotopic (exact) mass is 301 g/mol. The third kappa shape index (κ3) is 3.83. The quantitative estimate of drug-likeness (QED) is 0.509. The van der Waals surface area contributed by atoms with Gasteiger partial charge in [-0.15, -0.1) is 0 Å². The van der Waals surface area contributed by atoms with Gasteiger partial charge in [0.25, 0.3) is 0 Å². The molecule has 0 unspecified atom stereocenters. The molecule has 2 N–H and O–H groups in total. The van der Waals surface area contributed by atoms with E-state index < -0.39 is 0 Å². The van der Waals surface area contributed by atoms with Crippen LogP contribution in [0, 0.1) is 12.3 Å². The first-order valence-electron chi connectivity index (χ1n) is 6.46. The predicted molar refractivity (Wildman–Crippen MR) is 87.1 cm³/mol. The third-order valence-electron chi connectivity index (χ3n) is 2.92. The summed E-state index contributed by atoms with van der Waals surface area (Å²) in [6.45, 7) is 3.35. The van der Waals surface area contributed by atoms with Gasteiger partial charge in [0.15, 0.2) is 11.6 Å².